The van der Waals surface area contributed by atoms with E-state index >= 15 is 0 Å². The van der Waals surface area contributed by atoms with Crippen molar-refractivity contribution in [3.63, 3.8) is 0 Å². The minimum atomic E-state index is -0.157. The number of aromatic nitrogens is 2. The number of halogens is 1. The Morgan fingerprint density at radius 3 is 2.69 bits per heavy atom. The Morgan fingerprint density at radius 2 is 1.90 bits per heavy atom. The predicted molar refractivity (Wildman–Crippen MR) is 112 cm³/mol. The Bertz CT molecular complexity index is 995. The van der Waals surface area contributed by atoms with Crippen LogP contribution in [0.5, 0.6) is 11.8 Å². The molecule has 3 aromatic rings. The van der Waals surface area contributed by atoms with Gasteiger partial charge in [-0.25, -0.2) is 0 Å². The summed E-state index contributed by atoms with van der Waals surface area (Å²) in [6.45, 7) is 5.08. The van der Waals surface area contributed by atoms with Gasteiger partial charge in [-0.1, -0.05) is 29.8 Å². The van der Waals surface area contributed by atoms with E-state index in [2.05, 4.69) is 9.55 Å². The van der Waals surface area contributed by atoms with Gasteiger partial charge in [0.15, 0.2) is 11.8 Å². The van der Waals surface area contributed by atoms with Gasteiger partial charge in [0.25, 0.3) is 0 Å². The van der Waals surface area contributed by atoms with E-state index < -0.39 is 0 Å². The summed E-state index contributed by atoms with van der Waals surface area (Å²) < 4.78 is 13.1. The number of aromatic hydroxyl groups is 2. The fourth-order valence-electron chi connectivity index (χ4n) is 4.12. The van der Waals surface area contributed by atoms with Crippen molar-refractivity contribution in [2.24, 2.45) is 0 Å². The molecule has 0 saturated heterocycles. The normalized spacial score (nSPS) is 15.3. The highest BCUT2D eigenvalue weighted by molar-refractivity contribution is 6.31. The molecule has 0 fully saturated rings. The van der Waals surface area contributed by atoms with E-state index in [0.29, 0.717) is 55.5 Å². The maximum Gasteiger partial charge on any atom is 0.199 e. The van der Waals surface area contributed by atoms with Crippen LogP contribution in [0.15, 0.2) is 36.5 Å². The molecule has 1 aromatic carbocycles. The second-order valence-electron chi connectivity index (χ2n) is 7.07. The van der Waals surface area contributed by atoms with E-state index in [1.807, 2.05) is 43.5 Å². The molecule has 2 heterocycles. The quantitative estimate of drug-likeness (QED) is 0.478. The van der Waals surface area contributed by atoms with E-state index in [1.165, 1.54) is 0 Å². The van der Waals surface area contributed by atoms with Crippen molar-refractivity contribution in [3.8, 4) is 22.9 Å². The molecule has 0 amide bonds. The number of rotatable bonds is 8. The second-order valence-corrected chi connectivity index (χ2v) is 7.48. The Hall–Kier alpha value is -2.41. The van der Waals surface area contributed by atoms with Crippen LogP contribution in [0, 0.1) is 0 Å². The molecule has 7 heteroatoms. The third kappa shape index (κ3) is 3.75. The van der Waals surface area contributed by atoms with Crippen molar-refractivity contribution >= 4 is 11.6 Å². The molecule has 1 unspecified atom stereocenters. The number of hydrogen-bond acceptors (Lipinski definition) is 4. The van der Waals surface area contributed by atoms with E-state index in [-0.39, 0.29) is 17.7 Å². The highest BCUT2D eigenvalue weighted by Gasteiger charge is 2.35. The molecule has 0 aliphatic heterocycles. The van der Waals surface area contributed by atoms with Crippen molar-refractivity contribution in [2.45, 2.75) is 25.8 Å². The Labute approximate surface area is 174 Å². The lowest BCUT2D eigenvalue weighted by Crippen LogP contribution is -2.17. The first kappa shape index (κ1) is 19.9. The molecule has 2 aromatic heterocycles. The van der Waals surface area contributed by atoms with Gasteiger partial charge >= 0.3 is 0 Å². The van der Waals surface area contributed by atoms with Crippen LogP contribution in [-0.4, -0.2) is 46.2 Å². The molecule has 4 rings (SSSR count). The fraction of sp³-hybridized carbons (Fsp3) is 0.364. The summed E-state index contributed by atoms with van der Waals surface area (Å²) >= 11 is 6.48. The summed E-state index contributed by atoms with van der Waals surface area (Å²) in [5.41, 5.74) is 4.27. The summed E-state index contributed by atoms with van der Waals surface area (Å²) in [5, 5.41) is 21.6. The fourth-order valence-corrected chi connectivity index (χ4v) is 4.38. The van der Waals surface area contributed by atoms with Crippen molar-refractivity contribution in [1.29, 1.82) is 0 Å². The van der Waals surface area contributed by atoms with Crippen LogP contribution in [0.3, 0.4) is 0 Å². The SMILES string of the molecule is CCOCCOCCn1ccc2c1CC(c1ccccc1Cl)c1c(O)[nH]c(O)c1-2. The molecule has 3 N–H and O–H groups in total. The zero-order chi connectivity index (χ0) is 20.4. The van der Waals surface area contributed by atoms with Crippen molar-refractivity contribution in [2.75, 3.05) is 26.4 Å². The van der Waals surface area contributed by atoms with Gasteiger partial charge in [-0.3, -0.25) is 4.98 Å². The van der Waals surface area contributed by atoms with Gasteiger partial charge in [0, 0.05) is 47.1 Å². The topological polar surface area (TPSA) is 79.6 Å². The van der Waals surface area contributed by atoms with Crippen LogP contribution < -0.4 is 0 Å². The Morgan fingerprint density at radius 1 is 1.10 bits per heavy atom. The molecular weight excluding hydrogens is 392 g/mol. The average Bonchev–Trinajstić information content (AvgIpc) is 3.25. The van der Waals surface area contributed by atoms with E-state index in [4.69, 9.17) is 21.1 Å². The number of nitrogens with one attached hydrogen (secondary N) is 1. The maximum absolute atomic E-state index is 10.5. The lowest BCUT2D eigenvalue weighted by atomic mass is 9.79. The molecule has 1 atom stereocenters. The molecule has 1 aliphatic carbocycles. The number of hydrogen-bond donors (Lipinski definition) is 3. The molecule has 154 valence electrons. The number of H-pyrrole nitrogens is 1. The van der Waals surface area contributed by atoms with E-state index in [9.17, 15) is 10.2 Å². The van der Waals surface area contributed by atoms with Gasteiger partial charge in [-0.05, 0) is 31.0 Å². The molecule has 0 spiro atoms. The maximum atomic E-state index is 10.5. The molecule has 29 heavy (non-hydrogen) atoms. The monoisotopic (exact) mass is 416 g/mol. The van der Waals surface area contributed by atoms with E-state index in [0.717, 1.165) is 16.8 Å². The van der Waals surface area contributed by atoms with Crippen LogP contribution in [0.2, 0.25) is 5.02 Å². The largest absolute Gasteiger partial charge is 0.494 e. The standard InChI is InChI=1S/C22H25ClN2O4/c1-2-28-11-12-29-10-9-25-8-7-15-18(25)13-16(14-5-3-4-6-17(14)23)20-19(15)21(26)24-22(20)27/h3-8,16,24,26-27H,2,9-13H2,1H3. The number of fused-ring (bicyclic) bond motifs is 3. The van der Waals surface area contributed by atoms with Gasteiger partial charge < -0.3 is 24.3 Å². The zero-order valence-corrected chi connectivity index (χ0v) is 17.1. The number of ether oxygens (including phenoxy) is 2. The van der Waals surface area contributed by atoms with Gasteiger partial charge in [-0.15, -0.1) is 0 Å². The van der Waals surface area contributed by atoms with Gasteiger partial charge in [0.2, 0.25) is 0 Å². The summed E-state index contributed by atoms with van der Waals surface area (Å²) in [5.74, 6) is -0.197. The first-order valence-corrected chi connectivity index (χ1v) is 10.2. The van der Waals surface area contributed by atoms with E-state index in [1.54, 1.807) is 0 Å². The third-order valence-corrected chi connectivity index (χ3v) is 5.77. The van der Waals surface area contributed by atoms with Gasteiger partial charge in [0.05, 0.1) is 25.4 Å². The van der Waals surface area contributed by atoms with Crippen LogP contribution in [0.25, 0.3) is 11.1 Å². The second kappa shape index (κ2) is 8.53. The first-order chi connectivity index (χ1) is 14.1. The molecule has 0 radical (unpaired) electrons. The van der Waals surface area contributed by atoms with Gasteiger partial charge in [-0.2, -0.15) is 0 Å². The van der Waals surface area contributed by atoms with Crippen molar-refractivity contribution in [3.05, 3.63) is 58.4 Å². The lowest BCUT2D eigenvalue weighted by molar-refractivity contribution is 0.0495. The highest BCUT2D eigenvalue weighted by atomic mass is 35.5. The van der Waals surface area contributed by atoms with Crippen molar-refractivity contribution in [1.82, 2.24) is 9.55 Å². The number of benzene rings is 1. The van der Waals surface area contributed by atoms with Crippen LogP contribution in [-0.2, 0) is 22.4 Å². The summed E-state index contributed by atoms with van der Waals surface area (Å²) in [4.78, 5) is 2.68. The molecule has 6 nitrogen and oxygen atoms in total. The first-order valence-electron chi connectivity index (χ1n) is 9.83. The summed E-state index contributed by atoms with van der Waals surface area (Å²) in [6, 6.07) is 9.61. The number of nitrogens with zero attached hydrogens (tertiary/aromatic N) is 1. The minimum Gasteiger partial charge on any atom is -0.494 e. The molecule has 0 saturated carbocycles. The summed E-state index contributed by atoms with van der Waals surface area (Å²) in [7, 11) is 0. The van der Waals surface area contributed by atoms with Crippen molar-refractivity contribution < 1.29 is 19.7 Å². The Balaban J connectivity index is 1.64. The molecule has 0 bridgehead atoms. The van der Waals surface area contributed by atoms with Gasteiger partial charge in [0.1, 0.15) is 0 Å². The summed E-state index contributed by atoms with van der Waals surface area (Å²) in [6.07, 6.45) is 2.67. The molecular formula is C22H25ClN2O4. The molecule has 1 aliphatic rings. The minimum absolute atomic E-state index is 0.0138. The average molecular weight is 417 g/mol. The Kier molecular flexibility index (Phi) is 5.85. The smallest absolute Gasteiger partial charge is 0.199 e. The lowest BCUT2D eigenvalue weighted by Gasteiger charge is -2.26. The van der Waals surface area contributed by atoms with Crippen LogP contribution in [0.1, 0.15) is 29.7 Å². The highest BCUT2D eigenvalue weighted by Crippen LogP contribution is 2.51. The number of aromatic amines is 1. The zero-order valence-electron chi connectivity index (χ0n) is 16.3. The third-order valence-electron chi connectivity index (χ3n) is 5.43. The van der Waals surface area contributed by atoms with Crippen LogP contribution >= 0.6 is 11.6 Å². The van der Waals surface area contributed by atoms with Crippen LogP contribution in [0.4, 0.5) is 0 Å². The predicted octanol–water partition coefficient (Wildman–Crippen LogP) is 4.29.